The molecule has 3 heteroatoms. The molecule has 0 bridgehead atoms. The summed E-state index contributed by atoms with van der Waals surface area (Å²) < 4.78 is 0. The van der Waals surface area contributed by atoms with Gasteiger partial charge < -0.3 is 5.73 Å². The van der Waals surface area contributed by atoms with E-state index in [1.54, 1.807) is 0 Å². The number of rotatable bonds is 6. The highest BCUT2D eigenvalue weighted by Crippen LogP contribution is 2.26. The van der Waals surface area contributed by atoms with Gasteiger partial charge in [-0.25, -0.2) is 0 Å². The topological polar surface area (TPSA) is 43.1 Å². The molecule has 0 saturated carbocycles. The summed E-state index contributed by atoms with van der Waals surface area (Å²) in [7, 11) is 0. The minimum Gasteiger partial charge on any atom is -0.361 e. The quantitative estimate of drug-likeness (QED) is 0.719. The van der Waals surface area contributed by atoms with Crippen LogP contribution in [0.3, 0.4) is 0 Å². The first-order valence-electron chi connectivity index (χ1n) is 5.07. The lowest BCUT2D eigenvalue weighted by Gasteiger charge is -2.21. The van der Waals surface area contributed by atoms with Crippen LogP contribution in [-0.4, -0.2) is 10.5 Å². The van der Waals surface area contributed by atoms with Gasteiger partial charge in [0, 0.05) is 5.25 Å². The fourth-order valence-corrected chi connectivity index (χ4v) is 2.47. The molecule has 78 valence electrons. The Morgan fingerprint density at radius 2 is 1.77 bits per heavy atom. The van der Waals surface area contributed by atoms with E-state index in [-0.39, 0.29) is 5.24 Å². The Morgan fingerprint density at radius 3 is 2.08 bits per heavy atom. The molecule has 0 heterocycles. The van der Waals surface area contributed by atoms with E-state index < -0.39 is 0 Å². The molecule has 0 aliphatic rings. The van der Waals surface area contributed by atoms with Crippen LogP contribution in [0, 0.1) is 5.92 Å². The van der Waals surface area contributed by atoms with Crippen molar-refractivity contribution in [2.45, 2.75) is 51.7 Å². The number of hydrogen-bond acceptors (Lipinski definition) is 2. The number of amides is 1. The van der Waals surface area contributed by atoms with Crippen molar-refractivity contribution in [2.75, 3.05) is 0 Å². The summed E-state index contributed by atoms with van der Waals surface area (Å²) in [5, 5.41) is 0.127. The molecule has 2 nitrogen and oxygen atoms in total. The molecule has 0 aliphatic heterocycles. The molecule has 0 aromatic rings. The molecule has 13 heavy (non-hydrogen) atoms. The minimum absolute atomic E-state index is 0.246. The Balaban J connectivity index is 3.93. The lowest BCUT2D eigenvalue weighted by atomic mass is 9.95. The smallest absolute Gasteiger partial charge is 0.276 e. The van der Waals surface area contributed by atoms with Gasteiger partial charge in [-0.05, 0) is 18.8 Å². The lowest BCUT2D eigenvalue weighted by molar-refractivity contribution is 0.267. The summed E-state index contributed by atoms with van der Waals surface area (Å²) >= 11 is 1.28. The largest absolute Gasteiger partial charge is 0.361 e. The standard InChI is InChI=1S/C10H21NOS/c1-4-6-9(7-5-2)8(3)13-10(11)12/h8-9H,4-7H2,1-3H3,(H2,11,12)/t8-/m0/s1. The molecule has 0 aromatic carbocycles. The van der Waals surface area contributed by atoms with Crippen molar-refractivity contribution >= 4 is 17.0 Å². The second kappa shape index (κ2) is 7.25. The van der Waals surface area contributed by atoms with Gasteiger partial charge in [-0.3, -0.25) is 4.79 Å². The van der Waals surface area contributed by atoms with Crippen LogP contribution in [0.2, 0.25) is 0 Å². The monoisotopic (exact) mass is 203 g/mol. The average molecular weight is 203 g/mol. The maximum atomic E-state index is 10.7. The Labute approximate surface area is 85.6 Å². The lowest BCUT2D eigenvalue weighted by Crippen LogP contribution is -2.18. The Kier molecular flexibility index (Phi) is 7.14. The predicted molar refractivity (Wildman–Crippen MR) is 59.9 cm³/mol. The number of carbonyl (C=O) groups excluding carboxylic acids is 1. The van der Waals surface area contributed by atoms with Crippen LogP contribution in [-0.2, 0) is 0 Å². The fraction of sp³-hybridized carbons (Fsp3) is 0.900. The van der Waals surface area contributed by atoms with Crippen LogP contribution in [0.5, 0.6) is 0 Å². The van der Waals surface area contributed by atoms with Crippen LogP contribution in [0.25, 0.3) is 0 Å². The molecule has 0 radical (unpaired) electrons. The van der Waals surface area contributed by atoms with E-state index in [9.17, 15) is 4.79 Å². The van der Waals surface area contributed by atoms with E-state index in [4.69, 9.17) is 5.73 Å². The van der Waals surface area contributed by atoms with Crippen LogP contribution in [0.1, 0.15) is 46.5 Å². The second-order valence-electron chi connectivity index (χ2n) is 3.48. The molecule has 1 amide bonds. The van der Waals surface area contributed by atoms with Crippen molar-refractivity contribution in [2.24, 2.45) is 11.7 Å². The van der Waals surface area contributed by atoms with Crippen molar-refractivity contribution < 1.29 is 4.79 Å². The van der Waals surface area contributed by atoms with Crippen molar-refractivity contribution in [3.05, 3.63) is 0 Å². The molecule has 0 fully saturated rings. The van der Waals surface area contributed by atoms with E-state index in [1.165, 1.54) is 37.4 Å². The van der Waals surface area contributed by atoms with Crippen molar-refractivity contribution in [3.8, 4) is 0 Å². The van der Waals surface area contributed by atoms with E-state index in [1.807, 2.05) is 0 Å². The minimum atomic E-state index is -0.246. The average Bonchev–Trinajstić information content (AvgIpc) is 2.02. The summed E-state index contributed by atoms with van der Waals surface area (Å²) in [5.41, 5.74) is 5.15. The van der Waals surface area contributed by atoms with Gasteiger partial charge in [-0.2, -0.15) is 0 Å². The van der Waals surface area contributed by atoms with E-state index in [2.05, 4.69) is 20.8 Å². The molecular formula is C10H21NOS. The molecule has 0 rings (SSSR count). The number of hydrogen-bond donors (Lipinski definition) is 1. The van der Waals surface area contributed by atoms with Crippen LogP contribution >= 0.6 is 11.8 Å². The summed E-state index contributed by atoms with van der Waals surface area (Å²) in [4.78, 5) is 10.7. The Bertz CT molecular complexity index is 144. The summed E-state index contributed by atoms with van der Waals surface area (Å²) in [6.45, 7) is 6.47. The van der Waals surface area contributed by atoms with Crippen LogP contribution < -0.4 is 5.73 Å². The van der Waals surface area contributed by atoms with Crippen LogP contribution in [0.4, 0.5) is 4.79 Å². The van der Waals surface area contributed by atoms with Gasteiger partial charge >= 0.3 is 0 Å². The number of carbonyl (C=O) groups is 1. The van der Waals surface area contributed by atoms with Crippen LogP contribution in [0.15, 0.2) is 0 Å². The molecule has 0 saturated heterocycles. The van der Waals surface area contributed by atoms with E-state index in [0.717, 1.165) is 0 Å². The van der Waals surface area contributed by atoms with Gasteiger partial charge in [0.1, 0.15) is 0 Å². The zero-order valence-corrected chi connectivity index (χ0v) is 9.69. The van der Waals surface area contributed by atoms with E-state index >= 15 is 0 Å². The van der Waals surface area contributed by atoms with Gasteiger partial charge in [-0.15, -0.1) is 0 Å². The van der Waals surface area contributed by atoms with E-state index in [0.29, 0.717) is 11.2 Å². The van der Waals surface area contributed by atoms with Gasteiger partial charge in [0.05, 0.1) is 0 Å². The number of thioether (sulfide) groups is 1. The second-order valence-corrected chi connectivity index (χ2v) is 4.86. The highest BCUT2D eigenvalue weighted by molar-refractivity contribution is 8.14. The molecular weight excluding hydrogens is 182 g/mol. The van der Waals surface area contributed by atoms with Gasteiger partial charge in [0.25, 0.3) is 5.24 Å². The normalized spacial score (nSPS) is 13.2. The van der Waals surface area contributed by atoms with Crippen molar-refractivity contribution in [3.63, 3.8) is 0 Å². The van der Waals surface area contributed by atoms with Gasteiger partial charge in [-0.1, -0.05) is 45.4 Å². The maximum absolute atomic E-state index is 10.7. The maximum Gasteiger partial charge on any atom is 0.276 e. The third kappa shape index (κ3) is 5.97. The molecule has 0 aromatic heterocycles. The van der Waals surface area contributed by atoms with Crippen molar-refractivity contribution in [1.29, 1.82) is 0 Å². The number of nitrogens with two attached hydrogens (primary N) is 1. The highest BCUT2D eigenvalue weighted by atomic mass is 32.2. The fourth-order valence-electron chi connectivity index (χ4n) is 1.63. The predicted octanol–water partition coefficient (Wildman–Crippen LogP) is 3.40. The number of primary amides is 1. The molecule has 0 unspecified atom stereocenters. The van der Waals surface area contributed by atoms with Gasteiger partial charge in [0.2, 0.25) is 0 Å². The summed E-state index contributed by atoms with van der Waals surface area (Å²) in [6.07, 6.45) is 4.78. The molecule has 0 spiro atoms. The molecule has 1 atom stereocenters. The summed E-state index contributed by atoms with van der Waals surface area (Å²) in [5.74, 6) is 0.646. The first-order valence-corrected chi connectivity index (χ1v) is 5.95. The first kappa shape index (κ1) is 12.8. The zero-order chi connectivity index (χ0) is 10.3. The van der Waals surface area contributed by atoms with Gasteiger partial charge in [0.15, 0.2) is 0 Å². The Morgan fingerprint density at radius 1 is 1.31 bits per heavy atom. The molecule has 0 aliphatic carbocycles. The van der Waals surface area contributed by atoms with Crippen molar-refractivity contribution in [1.82, 2.24) is 0 Å². The third-order valence-corrected chi connectivity index (χ3v) is 3.27. The Hall–Kier alpha value is -0.180. The zero-order valence-electron chi connectivity index (χ0n) is 8.88. The molecule has 2 N–H and O–H groups in total. The third-order valence-electron chi connectivity index (χ3n) is 2.28. The highest BCUT2D eigenvalue weighted by Gasteiger charge is 2.17. The first-order chi connectivity index (χ1) is 6.11. The summed E-state index contributed by atoms with van der Waals surface area (Å²) in [6, 6.07) is 0. The SMILES string of the molecule is CCCC(CCC)[C@H](C)SC(N)=O.